The van der Waals surface area contributed by atoms with Crippen molar-refractivity contribution in [2.24, 2.45) is 7.05 Å². The van der Waals surface area contributed by atoms with Crippen LogP contribution >= 0.6 is 11.6 Å². The molecule has 0 aliphatic carbocycles. The molecule has 0 saturated carbocycles. The summed E-state index contributed by atoms with van der Waals surface area (Å²) in [5.41, 5.74) is 3.51. The van der Waals surface area contributed by atoms with Crippen LogP contribution in [0.15, 0.2) is 60.8 Å². The number of carbonyl (C=O) groups excluding carboxylic acids is 2. The molecule has 2 aromatic heterocycles. The van der Waals surface area contributed by atoms with E-state index in [2.05, 4.69) is 10.1 Å². The van der Waals surface area contributed by atoms with Crippen LogP contribution in [0, 0.1) is 0 Å². The number of pyridine rings is 1. The SMILES string of the molecule is Cn1nc(-c2ccc(Cl)cc2)c2c3c(cnc21)C(=O)N(Cc1ccccc1)C3=O. The molecule has 0 saturated heterocycles. The highest BCUT2D eigenvalue weighted by Crippen LogP contribution is 2.36. The van der Waals surface area contributed by atoms with Crippen LogP contribution in [0.5, 0.6) is 0 Å². The number of amides is 2. The maximum atomic E-state index is 13.3. The normalized spacial score (nSPS) is 13.4. The van der Waals surface area contributed by atoms with Crippen LogP contribution in [-0.4, -0.2) is 31.5 Å². The predicted octanol–water partition coefficient (Wildman–Crippen LogP) is 4.08. The minimum absolute atomic E-state index is 0.214. The van der Waals surface area contributed by atoms with Gasteiger partial charge in [0.15, 0.2) is 5.65 Å². The molecule has 0 spiro atoms. The second-order valence-corrected chi connectivity index (χ2v) is 7.34. The first-order chi connectivity index (χ1) is 14.0. The molecular weight excluding hydrogens is 388 g/mol. The standard InChI is InChI=1S/C22H15ClN4O2/c1-26-20-18(19(25-26)14-7-9-15(23)10-8-14)17-16(11-24-20)21(28)27(22(17)29)12-13-5-3-2-4-6-13/h2-11H,12H2,1H3. The van der Waals surface area contributed by atoms with Crippen molar-refractivity contribution in [1.29, 1.82) is 0 Å². The van der Waals surface area contributed by atoms with Crippen molar-refractivity contribution in [2.45, 2.75) is 6.54 Å². The molecule has 0 atom stereocenters. The zero-order chi connectivity index (χ0) is 20.1. The number of nitrogens with zero attached hydrogens (tertiary/aromatic N) is 4. The molecule has 142 valence electrons. The highest BCUT2D eigenvalue weighted by molar-refractivity contribution is 6.30. The summed E-state index contributed by atoms with van der Waals surface area (Å²) in [6.45, 7) is 0.214. The second kappa shape index (κ2) is 6.53. The minimum atomic E-state index is -0.339. The average molecular weight is 403 g/mol. The molecule has 1 aliphatic heterocycles. The van der Waals surface area contributed by atoms with Gasteiger partial charge in [0.1, 0.15) is 5.69 Å². The second-order valence-electron chi connectivity index (χ2n) is 6.91. The molecule has 3 heterocycles. The summed E-state index contributed by atoms with van der Waals surface area (Å²) in [5.74, 6) is -0.668. The highest BCUT2D eigenvalue weighted by atomic mass is 35.5. The van der Waals surface area contributed by atoms with E-state index in [0.717, 1.165) is 11.1 Å². The van der Waals surface area contributed by atoms with Crippen LogP contribution in [0.25, 0.3) is 22.3 Å². The third-order valence-electron chi connectivity index (χ3n) is 5.09. The third kappa shape index (κ3) is 2.72. The van der Waals surface area contributed by atoms with Crippen molar-refractivity contribution < 1.29 is 9.59 Å². The van der Waals surface area contributed by atoms with Crippen LogP contribution in [0.3, 0.4) is 0 Å². The molecule has 0 unspecified atom stereocenters. The fourth-order valence-electron chi connectivity index (χ4n) is 3.69. The Morgan fingerprint density at radius 2 is 1.69 bits per heavy atom. The number of carbonyl (C=O) groups is 2. The Hall–Kier alpha value is -3.51. The first-order valence-corrected chi connectivity index (χ1v) is 9.44. The van der Waals surface area contributed by atoms with Crippen LogP contribution in [0.1, 0.15) is 26.3 Å². The molecule has 0 bridgehead atoms. The quantitative estimate of drug-likeness (QED) is 0.484. The molecule has 6 nitrogen and oxygen atoms in total. The number of hydrogen-bond donors (Lipinski definition) is 0. The van der Waals surface area contributed by atoms with Gasteiger partial charge in [0.2, 0.25) is 0 Å². The molecule has 2 amide bonds. The molecule has 7 heteroatoms. The van der Waals surface area contributed by atoms with Crippen LogP contribution < -0.4 is 0 Å². The fraction of sp³-hybridized carbons (Fsp3) is 0.0909. The largest absolute Gasteiger partial charge is 0.270 e. The van der Waals surface area contributed by atoms with Crippen molar-refractivity contribution in [3.05, 3.63) is 82.5 Å². The van der Waals surface area contributed by atoms with Crippen LogP contribution in [0.4, 0.5) is 0 Å². The molecular formula is C22H15ClN4O2. The van der Waals surface area contributed by atoms with Gasteiger partial charge in [-0.3, -0.25) is 14.5 Å². The van der Waals surface area contributed by atoms with Crippen molar-refractivity contribution in [3.63, 3.8) is 0 Å². The number of rotatable bonds is 3. The number of halogens is 1. The summed E-state index contributed by atoms with van der Waals surface area (Å²) in [6.07, 6.45) is 1.47. The average Bonchev–Trinajstić information content (AvgIpc) is 3.19. The maximum Gasteiger partial charge on any atom is 0.263 e. The lowest BCUT2D eigenvalue weighted by molar-refractivity contribution is 0.0643. The van der Waals surface area contributed by atoms with Gasteiger partial charge >= 0.3 is 0 Å². The Labute approximate surface area is 171 Å². The van der Waals surface area contributed by atoms with E-state index in [4.69, 9.17) is 11.6 Å². The van der Waals surface area contributed by atoms with Crippen molar-refractivity contribution in [1.82, 2.24) is 19.7 Å². The Morgan fingerprint density at radius 1 is 0.966 bits per heavy atom. The van der Waals surface area contributed by atoms with Crippen molar-refractivity contribution in [3.8, 4) is 11.3 Å². The van der Waals surface area contributed by atoms with Crippen LogP contribution in [-0.2, 0) is 13.6 Å². The zero-order valence-electron chi connectivity index (χ0n) is 15.5. The van der Waals surface area contributed by atoms with Crippen molar-refractivity contribution in [2.75, 3.05) is 0 Å². The number of aromatic nitrogens is 3. The molecule has 1 aliphatic rings. The summed E-state index contributed by atoms with van der Waals surface area (Å²) >= 11 is 6.01. The van der Waals surface area contributed by atoms with Gasteiger partial charge in [-0.1, -0.05) is 54.1 Å². The predicted molar refractivity (Wildman–Crippen MR) is 110 cm³/mol. The monoisotopic (exact) mass is 402 g/mol. The van der Waals surface area contributed by atoms with Gasteiger partial charge in [-0.25, -0.2) is 9.67 Å². The van der Waals surface area contributed by atoms with E-state index in [1.165, 1.54) is 11.1 Å². The molecule has 4 aromatic rings. The lowest BCUT2D eigenvalue weighted by Gasteiger charge is -2.13. The Balaban J connectivity index is 1.68. The van der Waals surface area contributed by atoms with Crippen molar-refractivity contribution >= 4 is 34.4 Å². The van der Waals surface area contributed by atoms with E-state index >= 15 is 0 Å². The summed E-state index contributed by atoms with van der Waals surface area (Å²) in [7, 11) is 1.77. The lowest BCUT2D eigenvalue weighted by atomic mass is 10.0. The van der Waals surface area contributed by atoms with Gasteiger partial charge in [0.05, 0.1) is 23.1 Å². The number of benzene rings is 2. The molecule has 5 rings (SSSR count). The molecule has 0 fully saturated rings. The highest BCUT2D eigenvalue weighted by Gasteiger charge is 2.39. The van der Waals surface area contributed by atoms with E-state index in [9.17, 15) is 9.59 Å². The van der Waals surface area contributed by atoms with E-state index in [1.54, 1.807) is 23.9 Å². The van der Waals surface area contributed by atoms with E-state index < -0.39 is 0 Å². The first kappa shape index (κ1) is 17.6. The fourth-order valence-corrected chi connectivity index (χ4v) is 3.82. The summed E-state index contributed by atoms with van der Waals surface area (Å²) in [4.78, 5) is 31.9. The van der Waals surface area contributed by atoms with Crippen LogP contribution in [0.2, 0.25) is 5.02 Å². The van der Waals surface area contributed by atoms with Gasteiger partial charge in [-0.05, 0) is 17.7 Å². The van der Waals surface area contributed by atoms with Gasteiger partial charge in [0, 0.05) is 23.8 Å². The summed E-state index contributed by atoms with van der Waals surface area (Å²) in [6, 6.07) is 16.7. The lowest BCUT2D eigenvalue weighted by Crippen LogP contribution is -2.29. The van der Waals surface area contributed by atoms with Gasteiger partial charge in [0.25, 0.3) is 11.8 Å². The first-order valence-electron chi connectivity index (χ1n) is 9.06. The zero-order valence-corrected chi connectivity index (χ0v) is 16.2. The van der Waals surface area contributed by atoms with Gasteiger partial charge < -0.3 is 0 Å². The maximum absolute atomic E-state index is 13.3. The Kier molecular flexibility index (Phi) is 3.96. The third-order valence-corrected chi connectivity index (χ3v) is 5.34. The van der Waals surface area contributed by atoms with E-state index in [0.29, 0.717) is 32.9 Å². The van der Waals surface area contributed by atoms with E-state index in [1.807, 2.05) is 42.5 Å². The molecule has 2 aromatic carbocycles. The number of fused-ring (bicyclic) bond motifs is 3. The smallest absolute Gasteiger partial charge is 0.263 e. The number of hydrogen-bond acceptors (Lipinski definition) is 4. The topological polar surface area (TPSA) is 68.1 Å². The van der Waals surface area contributed by atoms with E-state index in [-0.39, 0.29) is 18.4 Å². The molecule has 0 radical (unpaired) electrons. The Morgan fingerprint density at radius 3 is 2.41 bits per heavy atom. The number of imide groups is 1. The molecule has 29 heavy (non-hydrogen) atoms. The minimum Gasteiger partial charge on any atom is -0.270 e. The number of aryl methyl sites for hydroxylation is 1. The van der Waals surface area contributed by atoms with Gasteiger partial charge in [-0.2, -0.15) is 5.10 Å². The van der Waals surface area contributed by atoms with Gasteiger partial charge in [-0.15, -0.1) is 0 Å². The summed E-state index contributed by atoms with van der Waals surface area (Å²) < 4.78 is 1.62. The summed E-state index contributed by atoms with van der Waals surface area (Å²) in [5, 5.41) is 5.76. The molecule has 0 N–H and O–H groups in total. The Bertz CT molecular complexity index is 1280.